The van der Waals surface area contributed by atoms with Gasteiger partial charge < -0.3 is 14.7 Å². The van der Waals surface area contributed by atoms with E-state index in [0.717, 1.165) is 12.8 Å². The molecule has 0 aliphatic carbocycles. The van der Waals surface area contributed by atoms with E-state index in [-0.39, 0.29) is 35.1 Å². The lowest BCUT2D eigenvalue weighted by Gasteiger charge is -2.47. The highest BCUT2D eigenvalue weighted by atomic mass is 16.2. The first kappa shape index (κ1) is 17.9. The number of likely N-dealkylation sites (tertiary alicyclic amines) is 3. The fourth-order valence-electron chi connectivity index (χ4n) is 5.36. The lowest BCUT2D eigenvalue weighted by molar-refractivity contribution is -0.136. The van der Waals surface area contributed by atoms with E-state index in [1.165, 1.54) is 0 Å². The van der Waals surface area contributed by atoms with E-state index in [0.29, 0.717) is 38.3 Å². The van der Waals surface area contributed by atoms with Crippen LogP contribution in [0, 0.1) is 11.8 Å². The molecule has 1 aromatic rings. The lowest BCUT2D eigenvalue weighted by atomic mass is 9.74. The number of hydrogen-bond donors (Lipinski definition) is 0. The molecule has 1 aromatic heterocycles. The van der Waals surface area contributed by atoms with Crippen LogP contribution in [0.2, 0.25) is 0 Å². The summed E-state index contributed by atoms with van der Waals surface area (Å²) in [5.41, 5.74) is 0.372. The van der Waals surface area contributed by atoms with Crippen LogP contribution in [0.5, 0.6) is 0 Å². The van der Waals surface area contributed by atoms with Gasteiger partial charge in [0.1, 0.15) is 0 Å². The van der Waals surface area contributed by atoms with Gasteiger partial charge in [0.25, 0.3) is 5.91 Å². The van der Waals surface area contributed by atoms with E-state index in [1.54, 1.807) is 31.5 Å². The maximum Gasteiger partial charge on any atom is 0.255 e. The summed E-state index contributed by atoms with van der Waals surface area (Å²) < 4.78 is 0. The van der Waals surface area contributed by atoms with Crippen LogP contribution in [0.15, 0.2) is 24.5 Å². The fourth-order valence-corrected chi connectivity index (χ4v) is 5.36. The Morgan fingerprint density at radius 2 is 1.96 bits per heavy atom. The molecule has 3 aliphatic rings. The second-order valence-corrected chi connectivity index (χ2v) is 7.86. The van der Waals surface area contributed by atoms with Gasteiger partial charge in [-0.2, -0.15) is 0 Å². The predicted molar refractivity (Wildman–Crippen MR) is 98.7 cm³/mol. The van der Waals surface area contributed by atoms with E-state index in [1.807, 2.05) is 21.6 Å². The number of pyridine rings is 1. The van der Waals surface area contributed by atoms with Gasteiger partial charge in [-0.05, 0) is 31.9 Å². The van der Waals surface area contributed by atoms with Crippen molar-refractivity contribution in [2.24, 2.45) is 11.8 Å². The van der Waals surface area contributed by atoms with Gasteiger partial charge in [-0.15, -0.1) is 0 Å². The Hall–Kier alpha value is -2.44. The second-order valence-electron chi connectivity index (χ2n) is 7.86. The van der Waals surface area contributed by atoms with Gasteiger partial charge in [0.05, 0.1) is 17.0 Å². The van der Waals surface area contributed by atoms with E-state index in [2.05, 4.69) is 4.98 Å². The number of hydrogen-bond acceptors (Lipinski definition) is 4. The molecule has 2 atom stereocenters. The van der Waals surface area contributed by atoms with Crippen molar-refractivity contribution < 1.29 is 14.4 Å². The number of carbonyl (C=O) groups excluding carboxylic acids is 3. The van der Waals surface area contributed by atoms with Crippen molar-refractivity contribution in [3.8, 4) is 0 Å². The van der Waals surface area contributed by atoms with E-state index in [9.17, 15) is 14.4 Å². The molecule has 4 rings (SSSR count). The third-order valence-corrected chi connectivity index (χ3v) is 6.72. The van der Waals surface area contributed by atoms with Crippen molar-refractivity contribution in [1.82, 2.24) is 19.7 Å². The zero-order valence-corrected chi connectivity index (χ0v) is 15.9. The molecule has 0 aromatic carbocycles. The SMILES string of the molecule is CCN1C(=O)[C@H]2CN(C(C)=O)C[C@H]2C12CCN(C(=O)c1cccnc1)CC2. The van der Waals surface area contributed by atoms with E-state index in [4.69, 9.17) is 0 Å². The van der Waals surface area contributed by atoms with Crippen molar-refractivity contribution in [1.29, 1.82) is 0 Å². The van der Waals surface area contributed by atoms with E-state index < -0.39 is 0 Å². The van der Waals surface area contributed by atoms with Crippen LogP contribution in [0.4, 0.5) is 0 Å². The van der Waals surface area contributed by atoms with Crippen molar-refractivity contribution >= 4 is 17.7 Å². The molecule has 7 nitrogen and oxygen atoms in total. The number of carbonyl (C=O) groups is 3. The van der Waals surface area contributed by atoms with Crippen molar-refractivity contribution in [2.75, 3.05) is 32.7 Å². The average molecular weight is 370 g/mol. The summed E-state index contributed by atoms with van der Waals surface area (Å²) in [7, 11) is 0. The van der Waals surface area contributed by atoms with Crippen molar-refractivity contribution in [2.45, 2.75) is 32.2 Å². The molecule has 1 spiro atoms. The molecule has 7 heteroatoms. The predicted octanol–water partition coefficient (Wildman–Crippen LogP) is 1.01. The maximum atomic E-state index is 13.0. The number of amides is 3. The molecule has 4 heterocycles. The van der Waals surface area contributed by atoms with Gasteiger partial charge in [0, 0.05) is 58.0 Å². The molecule has 27 heavy (non-hydrogen) atoms. The first-order valence-electron chi connectivity index (χ1n) is 9.74. The smallest absolute Gasteiger partial charge is 0.255 e. The fraction of sp³-hybridized carbons (Fsp3) is 0.600. The first-order valence-corrected chi connectivity index (χ1v) is 9.74. The van der Waals surface area contributed by atoms with Crippen LogP contribution in [0.1, 0.15) is 37.0 Å². The molecular weight excluding hydrogens is 344 g/mol. The van der Waals surface area contributed by atoms with Crippen LogP contribution in [0.3, 0.4) is 0 Å². The van der Waals surface area contributed by atoms with Crippen LogP contribution in [-0.4, -0.2) is 75.7 Å². The number of nitrogens with zero attached hydrogens (tertiary/aromatic N) is 4. The summed E-state index contributed by atoms with van der Waals surface area (Å²) >= 11 is 0. The van der Waals surface area contributed by atoms with Crippen molar-refractivity contribution in [3.63, 3.8) is 0 Å². The molecule has 0 N–H and O–H groups in total. The molecule has 0 saturated carbocycles. The molecule has 144 valence electrons. The highest BCUT2D eigenvalue weighted by Crippen LogP contribution is 2.49. The van der Waals surface area contributed by atoms with Gasteiger partial charge in [-0.3, -0.25) is 19.4 Å². The van der Waals surface area contributed by atoms with Crippen LogP contribution in [0.25, 0.3) is 0 Å². The maximum absolute atomic E-state index is 13.0. The highest BCUT2D eigenvalue weighted by Gasteiger charge is 2.61. The molecular formula is C20H26N4O3. The monoisotopic (exact) mass is 370 g/mol. The molecule has 0 unspecified atom stereocenters. The zero-order chi connectivity index (χ0) is 19.2. The molecule has 0 bridgehead atoms. The number of aromatic nitrogens is 1. The zero-order valence-electron chi connectivity index (χ0n) is 15.9. The highest BCUT2D eigenvalue weighted by molar-refractivity contribution is 5.94. The van der Waals surface area contributed by atoms with Gasteiger partial charge in [0.15, 0.2) is 0 Å². The Balaban J connectivity index is 1.54. The number of piperidine rings is 1. The van der Waals surface area contributed by atoms with Gasteiger partial charge in [-0.1, -0.05) is 0 Å². The molecule has 3 aliphatic heterocycles. The minimum Gasteiger partial charge on any atom is -0.342 e. The summed E-state index contributed by atoms with van der Waals surface area (Å²) in [6, 6.07) is 3.56. The Bertz CT molecular complexity index is 758. The quantitative estimate of drug-likeness (QED) is 0.779. The summed E-state index contributed by atoms with van der Waals surface area (Å²) in [5, 5.41) is 0. The normalized spacial score (nSPS) is 26.6. The Morgan fingerprint density at radius 1 is 1.22 bits per heavy atom. The Labute approximate surface area is 159 Å². The molecule has 3 saturated heterocycles. The van der Waals surface area contributed by atoms with Crippen LogP contribution >= 0.6 is 0 Å². The number of fused-ring (bicyclic) bond motifs is 2. The topological polar surface area (TPSA) is 73.8 Å². The summed E-state index contributed by atoms with van der Waals surface area (Å²) in [6.07, 6.45) is 4.80. The van der Waals surface area contributed by atoms with Gasteiger partial charge >= 0.3 is 0 Å². The van der Waals surface area contributed by atoms with E-state index >= 15 is 0 Å². The standard InChI is InChI=1S/C20H26N4O3/c1-3-24-19(27)16-12-23(14(2)25)13-17(16)20(24)6-9-22(10-7-20)18(26)15-5-4-8-21-11-15/h4-5,8,11,16-17H,3,6-7,9-10,12-13H2,1-2H3/t16-,17+/m0/s1. The molecule has 3 fully saturated rings. The molecule has 0 radical (unpaired) electrons. The van der Waals surface area contributed by atoms with Crippen LogP contribution < -0.4 is 0 Å². The lowest BCUT2D eigenvalue weighted by Crippen LogP contribution is -2.58. The third kappa shape index (κ3) is 2.71. The van der Waals surface area contributed by atoms with Gasteiger partial charge in [0.2, 0.25) is 11.8 Å². The summed E-state index contributed by atoms with van der Waals surface area (Å²) in [6.45, 7) is 6.72. The van der Waals surface area contributed by atoms with Crippen molar-refractivity contribution in [3.05, 3.63) is 30.1 Å². The average Bonchev–Trinajstić information content (AvgIpc) is 3.22. The second kappa shape index (κ2) is 6.62. The largest absolute Gasteiger partial charge is 0.342 e. The Morgan fingerprint density at radius 3 is 2.56 bits per heavy atom. The summed E-state index contributed by atoms with van der Waals surface area (Å²) in [4.78, 5) is 47.3. The minimum absolute atomic E-state index is 0.00124. The van der Waals surface area contributed by atoms with Crippen LogP contribution in [-0.2, 0) is 9.59 Å². The Kier molecular flexibility index (Phi) is 4.40. The third-order valence-electron chi connectivity index (χ3n) is 6.72. The number of rotatable bonds is 2. The molecule has 3 amide bonds. The van der Waals surface area contributed by atoms with Gasteiger partial charge in [-0.25, -0.2) is 0 Å². The minimum atomic E-state index is -0.230. The first-order chi connectivity index (χ1) is 13.0. The summed E-state index contributed by atoms with van der Waals surface area (Å²) in [5.74, 6) is 0.301.